The molecule has 1 heterocycles. The monoisotopic (exact) mass is 420 g/mol. The summed E-state index contributed by atoms with van der Waals surface area (Å²) >= 11 is 0. The van der Waals surface area contributed by atoms with Crippen LogP contribution in [0.3, 0.4) is 0 Å². The quantitative estimate of drug-likeness (QED) is 0.598. The number of halogens is 1. The van der Waals surface area contributed by atoms with Gasteiger partial charge in [0.1, 0.15) is 11.9 Å². The molecule has 1 N–H and O–H groups in total. The number of amides is 2. The smallest absolute Gasteiger partial charge is 0.294 e. The molecule has 2 aromatic carbocycles. The van der Waals surface area contributed by atoms with Gasteiger partial charge < -0.3 is 9.73 Å². The maximum atomic E-state index is 15.0. The van der Waals surface area contributed by atoms with Crippen LogP contribution in [0, 0.1) is 12.7 Å². The minimum Gasteiger partial charge on any atom is -0.459 e. The van der Waals surface area contributed by atoms with Gasteiger partial charge in [0.2, 0.25) is 5.91 Å². The Morgan fingerprint density at radius 3 is 2.42 bits per heavy atom. The molecular formula is C25H25FN2O3. The summed E-state index contributed by atoms with van der Waals surface area (Å²) in [5, 5.41) is 3.04. The summed E-state index contributed by atoms with van der Waals surface area (Å²) in [6.07, 6.45) is 5.25. The second kappa shape index (κ2) is 9.16. The van der Waals surface area contributed by atoms with E-state index in [-0.39, 0.29) is 17.4 Å². The van der Waals surface area contributed by atoms with Crippen molar-refractivity contribution >= 4 is 17.5 Å². The first kappa shape index (κ1) is 20.8. The Kier molecular flexibility index (Phi) is 6.16. The largest absolute Gasteiger partial charge is 0.459 e. The molecule has 1 fully saturated rings. The molecule has 3 aromatic rings. The predicted molar refractivity (Wildman–Crippen MR) is 116 cm³/mol. The lowest BCUT2D eigenvalue weighted by molar-refractivity contribution is -0.123. The van der Waals surface area contributed by atoms with Crippen LogP contribution in [0.4, 0.5) is 10.1 Å². The van der Waals surface area contributed by atoms with Gasteiger partial charge in [-0.1, -0.05) is 49.2 Å². The van der Waals surface area contributed by atoms with E-state index in [4.69, 9.17) is 4.42 Å². The number of hydrogen-bond donors (Lipinski definition) is 1. The first-order valence-corrected chi connectivity index (χ1v) is 10.5. The van der Waals surface area contributed by atoms with E-state index in [1.807, 2.05) is 19.1 Å². The van der Waals surface area contributed by atoms with Crippen LogP contribution < -0.4 is 10.2 Å². The number of anilines is 1. The highest BCUT2D eigenvalue weighted by Crippen LogP contribution is 2.33. The van der Waals surface area contributed by atoms with E-state index in [0.717, 1.165) is 31.2 Å². The van der Waals surface area contributed by atoms with Crippen LogP contribution in [0.5, 0.6) is 0 Å². The molecule has 6 heteroatoms. The van der Waals surface area contributed by atoms with Crippen molar-refractivity contribution in [3.63, 3.8) is 0 Å². The molecular weight excluding hydrogens is 395 g/mol. The molecule has 1 saturated carbocycles. The highest BCUT2D eigenvalue weighted by Gasteiger charge is 2.37. The third kappa shape index (κ3) is 4.38. The van der Waals surface area contributed by atoms with Crippen LogP contribution in [0.25, 0.3) is 0 Å². The zero-order valence-corrected chi connectivity index (χ0v) is 17.4. The fourth-order valence-electron chi connectivity index (χ4n) is 4.16. The van der Waals surface area contributed by atoms with Crippen molar-refractivity contribution in [3.8, 4) is 0 Å². The second-order valence-corrected chi connectivity index (χ2v) is 7.85. The molecule has 1 aliphatic rings. The van der Waals surface area contributed by atoms with Crippen LogP contribution in [0.1, 0.15) is 53.4 Å². The van der Waals surface area contributed by atoms with Gasteiger partial charge in [0.05, 0.1) is 6.26 Å². The van der Waals surface area contributed by atoms with Crippen LogP contribution in [-0.2, 0) is 4.79 Å². The summed E-state index contributed by atoms with van der Waals surface area (Å²) in [5.74, 6) is -1.37. The molecule has 0 saturated heterocycles. The van der Waals surface area contributed by atoms with Crippen molar-refractivity contribution in [2.45, 2.75) is 44.7 Å². The van der Waals surface area contributed by atoms with E-state index in [2.05, 4.69) is 5.32 Å². The first-order chi connectivity index (χ1) is 15.1. The van der Waals surface area contributed by atoms with Crippen molar-refractivity contribution in [3.05, 3.63) is 89.6 Å². The van der Waals surface area contributed by atoms with Gasteiger partial charge in [0, 0.05) is 17.3 Å². The van der Waals surface area contributed by atoms with Crippen molar-refractivity contribution in [2.75, 3.05) is 4.90 Å². The average Bonchev–Trinajstić information content (AvgIpc) is 3.47. The standard InChI is InChI=1S/C25H25FN2O3/c1-17-9-2-7-14-21(17)28(25(30)22-15-8-16-31-22)23(19-12-5-6-13-20(19)26)24(29)27-18-10-3-4-11-18/h2,5-9,12-16,18,23H,3-4,10-11H2,1H3,(H,27,29). The summed E-state index contributed by atoms with van der Waals surface area (Å²) in [6, 6.07) is 15.3. The fraction of sp³-hybridized carbons (Fsp3) is 0.280. The molecule has 1 atom stereocenters. The lowest BCUT2D eigenvalue weighted by Crippen LogP contribution is -2.47. The Balaban J connectivity index is 1.84. The molecule has 0 aliphatic heterocycles. The van der Waals surface area contributed by atoms with E-state index in [1.54, 1.807) is 42.5 Å². The van der Waals surface area contributed by atoms with Gasteiger partial charge in [-0.3, -0.25) is 14.5 Å². The van der Waals surface area contributed by atoms with Crippen LogP contribution in [0.2, 0.25) is 0 Å². The summed E-state index contributed by atoms with van der Waals surface area (Å²) in [7, 11) is 0. The third-order valence-electron chi connectivity index (χ3n) is 5.73. The Bertz CT molecular complexity index is 1060. The number of carbonyl (C=O) groups excluding carboxylic acids is 2. The number of benzene rings is 2. The van der Waals surface area contributed by atoms with E-state index < -0.39 is 23.7 Å². The third-order valence-corrected chi connectivity index (χ3v) is 5.73. The van der Waals surface area contributed by atoms with Gasteiger partial charge in [-0.15, -0.1) is 0 Å². The molecule has 5 nitrogen and oxygen atoms in total. The van der Waals surface area contributed by atoms with E-state index >= 15 is 0 Å². The van der Waals surface area contributed by atoms with Gasteiger partial charge in [0.15, 0.2) is 5.76 Å². The molecule has 160 valence electrons. The van der Waals surface area contributed by atoms with Gasteiger partial charge in [-0.25, -0.2) is 4.39 Å². The number of aryl methyl sites for hydroxylation is 1. The second-order valence-electron chi connectivity index (χ2n) is 7.85. The molecule has 0 spiro atoms. The maximum absolute atomic E-state index is 15.0. The number of furan rings is 1. The van der Waals surface area contributed by atoms with Gasteiger partial charge in [0.25, 0.3) is 5.91 Å². The Hall–Kier alpha value is -3.41. The Labute approximate surface area is 180 Å². The molecule has 1 aromatic heterocycles. The highest BCUT2D eigenvalue weighted by molar-refractivity contribution is 6.09. The lowest BCUT2D eigenvalue weighted by Gasteiger charge is -2.32. The summed E-state index contributed by atoms with van der Waals surface area (Å²) in [4.78, 5) is 28.4. The van der Waals surface area contributed by atoms with Gasteiger partial charge in [-0.2, -0.15) is 0 Å². The van der Waals surface area contributed by atoms with Gasteiger partial charge in [-0.05, 0) is 49.6 Å². The zero-order valence-electron chi connectivity index (χ0n) is 17.4. The van der Waals surface area contributed by atoms with E-state index in [9.17, 15) is 14.0 Å². The normalized spacial score (nSPS) is 14.9. The predicted octanol–water partition coefficient (Wildman–Crippen LogP) is 5.17. The molecule has 0 radical (unpaired) electrons. The number of hydrogen-bond acceptors (Lipinski definition) is 3. The number of nitrogens with one attached hydrogen (secondary N) is 1. The Morgan fingerprint density at radius 1 is 1.03 bits per heavy atom. The minimum absolute atomic E-state index is 0.0270. The summed E-state index contributed by atoms with van der Waals surface area (Å²) in [5.41, 5.74) is 1.46. The molecule has 1 unspecified atom stereocenters. The van der Waals surface area contributed by atoms with E-state index in [1.165, 1.54) is 17.2 Å². The minimum atomic E-state index is -1.18. The van der Waals surface area contributed by atoms with Crippen molar-refractivity contribution in [1.29, 1.82) is 0 Å². The van der Waals surface area contributed by atoms with Crippen LogP contribution in [-0.4, -0.2) is 17.9 Å². The lowest BCUT2D eigenvalue weighted by atomic mass is 10.00. The van der Waals surface area contributed by atoms with Crippen molar-refractivity contribution in [1.82, 2.24) is 5.32 Å². The van der Waals surface area contributed by atoms with Crippen LogP contribution >= 0.6 is 0 Å². The number of carbonyl (C=O) groups is 2. The number of rotatable bonds is 6. The molecule has 1 aliphatic carbocycles. The average molecular weight is 420 g/mol. The van der Waals surface area contributed by atoms with Crippen molar-refractivity contribution in [2.24, 2.45) is 0 Å². The number of para-hydroxylation sites is 1. The van der Waals surface area contributed by atoms with Crippen LogP contribution in [0.15, 0.2) is 71.3 Å². The SMILES string of the molecule is Cc1ccccc1N(C(=O)c1ccco1)C(C(=O)NC1CCCC1)c1ccccc1F. The topological polar surface area (TPSA) is 62.6 Å². The molecule has 2 amide bonds. The summed E-state index contributed by atoms with van der Waals surface area (Å²) < 4.78 is 20.3. The highest BCUT2D eigenvalue weighted by atomic mass is 19.1. The maximum Gasteiger partial charge on any atom is 0.294 e. The fourth-order valence-corrected chi connectivity index (χ4v) is 4.16. The zero-order chi connectivity index (χ0) is 21.8. The number of nitrogens with zero attached hydrogens (tertiary/aromatic N) is 1. The molecule has 31 heavy (non-hydrogen) atoms. The first-order valence-electron chi connectivity index (χ1n) is 10.5. The Morgan fingerprint density at radius 2 is 1.74 bits per heavy atom. The summed E-state index contributed by atoms with van der Waals surface area (Å²) in [6.45, 7) is 1.85. The van der Waals surface area contributed by atoms with E-state index in [0.29, 0.717) is 5.69 Å². The molecule has 4 rings (SSSR count). The van der Waals surface area contributed by atoms with Gasteiger partial charge >= 0.3 is 0 Å². The molecule has 0 bridgehead atoms. The van der Waals surface area contributed by atoms with Crippen molar-refractivity contribution < 1.29 is 18.4 Å².